The molecule has 4 nitrogen and oxygen atoms in total. The van der Waals surface area contributed by atoms with E-state index in [0.29, 0.717) is 5.02 Å². The van der Waals surface area contributed by atoms with Crippen LogP contribution in [0.2, 0.25) is 5.02 Å². The van der Waals surface area contributed by atoms with Gasteiger partial charge in [0.1, 0.15) is 5.75 Å². The Morgan fingerprint density at radius 1 is 0.935 bits per heavy atom. The van der Waals surface area contributed by atoms with E-state index in [0.717, 1.165) is 53.3 Å². The standard InChI is InChI=1S/C26H23ClN2O2/c1-31-22-9-5-8-21(16-22)28-15-14-23-25(28)17-24(18-6-3-2-4-7-18)29(26(23)30)20-12-10-19(27)11-13-20/h2-13,16,24H,14-15,17H2,1H3. The number of anilines is 2. The molecule has 1 amide bonds. The first-order chi connectivity index (χ1) is 15.2. The Kier molecular flexibility index (Phi) is 5.16. The van der Waals surface area contributed by atoms with E-state index in [1.165, 1.54) is 0 Å². The van der Waals surface area contributed by atoms with Gasteiger partial charge in [-0.2, -0.15) is 0 Å². The maximum Gasteiger partial charge on any atom is 0.256 e. The van der Waals surface area contributed by atoms with Crippen molar-refractivity contribution in [2.45, 2.75) is 18.9 Å². The number of ether oxygens (including phenoxy) is 1. The van der Waals surface area contributed by atoms with E-state index in [1.807, 2.05) is 65.6 Å². The van der Waals surface area contributed by atoms with Crippen molar-refractivity contribution in [2.75, 3.05) is 23.5 Å². The molecular weight excluding hydrogens is 408 g/mol. The smallest absolute Gasteiger partial charge is 0.256 e. The number of carbonyl (C=O) groups is 1. The monoisotopic (exact) mass is 430 g/mol. The molecule has 3 aromatic rings. The summed E-state index contributed by atoms with van der Waals surface area (Å²) in [5.41, 5.74) is 5.05. The van der Waals surface area contributed by atoms with E-state index in [4.69, 9.17) is 16.3 Å². The van der Waals surface area contributed by atoms with Crippen LogP contribution in [-0.2, 0) is 4.79 Å². The maximum atomic E-state index is 13.8. The van der Waals surface area contributed by atoms with Crippen molar-refractivity contribution in [3.8, 4) is 5.75 Å². The second-order valence-corrected chi connectivity index (χ2v) is 8.25. The lowest BCUT2D eigenvalue weighted by Crippen LogP contribution is -2.40. The molecule has 2 heterocycles. The van der Waals surface area contributed by atoms with Gasteiger partial charge in [-0.25, -0.2) is 0 Å². The van der Waals surface area contributed by atoms with Crippen molar-refractivity contribution in [1.82, 2.24) is 0 Å². The highest BCUT2D eigenvalue weighted by Crippen LogP contribution is 2.44. The zero-order valence-electron chi connectivity index (χ0n) is 17.3. The average molecular weight is 431 g/mol. The minimum Gasteiger partial charge on any atom is -0.497 e. The van der Waals surface area contributed by atoms with Crippen molar-refractivity contribution < 1.29 is 9.53 Å². The van der Waals surface area contributed by atoms with Gasteiger partial charge in [-0.1, -0.05) is 48.0 Å². The number of halogens is 1. The Morgan fingerprint density at radius 3 is 2.45 bits per heavy atom. The van der Waals surface area contributed by atoms with Crippen LogP contribution in [0.25, 0.3) is 0 Å². The molecule has 0 aliphatic carbocycles. The van der Waals surface area contributed by atoms with Gasteiger partial charge in [0.05, 0.1) is 13.2 Å². The predicted octanol–water partition coefficient (Wildman–Crippen LogP) is 5.99. The molecule has 1 unspecified atom stereocenters. The Bertz CT molecular complexity index is 1140. The van der Waals surface area contributed by atoms with Crippen LogP contribution >= 0.6 is 11.6 Å². The lowest BCUT2D eigenvalue weighted by Gasteiger charge is -2.38. The summed E-state index contributed by atoms with van der Waals surface area (Å²) in [5, 5.41) is 0.662. The number of amides is 1. The minimum atomic E-state index is -0.0835. The number of carbonyl (C=O) groups excluding carboxylic acids is 1. The third kappa shape index (κ3) is 3.57. The van der Waals surface area contributed by atoms with E-state index in [2.05, 4.69) is 23.1 Å². The fraction of sp³-hybridized carbons (Fsp3) is 0.192. The minimum absolute atomic E-state index is 0.0721. The molecule has 0 bridgehead atoms. The first kappa shape index (κ1) is 19.7. The van der Waals surface area contributed by atoms with Crippen molar-refractivity contribution in [3.63, 3.8) is 0 Å². The van der Waals surface area contributed by atoms with Gasteiger partial charge in [0.15, 0.2) is 0 Å². The molecule has 0 fully saturated rings. The molecule has 5 rings (SSSR count). The second kappa shape index (κ2) is 8.12. The van der Waals surface area contributed by atoms with Gasteiger partial charge >= 0.3 is 0 Å². The molecule has 0 radical (unpaired) electrons. The zero-order valence-corrected chi connectivity index (χ0v) is 18.0. The molecule has 156 valence electrons. The first-order valence-corrected chi connectivity index (χ1v) is 10.8. The molecule has 31 heavy (non-hydrogen) atoms. The largest absolute Gasteiger partial charge is 0.497 e. The van der Waals surface area contributed by atoms with Crippen molar-refractivity contribution in [1.29, 1.82) is 0 Å². The molecule has 0 spiro atoms. The number of methoxy groups -OCH3 is 1. The highest BCUT2D eigenvalue weighted by Gasteiger charge is 2.40. The highest BCUT2D eigenvalue weighted by atomic mass is 35.5. The van der Waals surface area contributed by atoms with Crippen LogP contribution < -0.4 is 14.5 Å². The quantitative estimate of drug-likeness (QED) is 0.509. The second-order valence-electron chi connectivity index (χ2n) is 7.81. The number of nitrogens with zero attached hydrogens (tertiary/aromatic N) is 2. The molecule has 1 atom stereocenters. The molecule has 0 aromatic heterocycles. The molecule has 3 aromatic carbocycles. The SMILES string of the molecule is COc1cccc(N2CCC3=C2CC(c2ccccc2)N(c2ccc(Cl)cc2)C3=O)c1. The van der Waals surface area contributed by atoms with Crippen LogP contribution in [0.3, 0.4) is 0 Å². The fourth-order valence-electron chi connectivity index (χ4n) is 4.60. The Morgan fingerprint density at radius 2 is 1.71 bits per heavy atom. The summed E-state index contributed by atoms with van der Waals surface area (Å²) in [6, 6.07) is 25.7. The zero-order chi connectivity index (χ0) is 21.4. The summed E-state index contributed by atoms with van der Waals surface area (Å²) >= 11 is 6.11. The predicted molar refractivity (Wildman–Crippen MR) is 125 cm³/mol. The van der Waals surface area contributed by atoms with Crippen LogP contribution in [-0.4, -0.2) is 19.6 Å². The average Bonchev–Trinajstić information content (AvgIpc) is 3.25. The van der Waals surface area contributed by atoms with Crippen LogP contribution in [0.15, 0.2) is 90.1 Å². The summed E-state index contributed by atoms with van der Waals surface area (Å²) < 4.78 is 5.42. The summed E-state index contributed by atoms with van der Waals surface area (Å²) in [7, 11) is 1.67. The van der Waals surface area contributed by atoms with Crippen molar-refractivity contribution >= 4 is 28.9 Å². The topological polar surface area (TPSA) is 32.8 Å². The number of hydrogen-bond acceptors (Lipinski definition) is 3. The third-order valence-corrected chi connectivity index (χ3v) is 6.34. The van der Waals surface area contributed by atoms with Gasteiger partial charge in [0, 0.05) is 46.7 Å². The normalized spacial score (nSPS) is 18.4. The van der Waals surface area contributed by atoms with E-state index < -0.39 is 0 Å². The lowest BCUT2D eigenvalue weighted by molar-refractivity contribution is -0.116. The Hall–Kier alpha value is -3.24. The molecular formula is C26H23ClN2O2. The van der Waals surface area contributed by atoms with Crippen LogP contribution in [0.5, 0.6) is 5.75 Å². The maximum absolute atomic E-state index is 13.8. The van der Waals surface area contributed by atoms with Gasteiger partial charge < -0.3 is 14.5 Å². The van der Waals surface area contributed by atoms with Gasteiger partial charge in [0.25, 0.3) is 5.91 Å². The number of rotatable bonds is 4. The summed E-state index contributed by atoms with van der Waals surface area (Å²) in [5.74, 6) is 0.888. The van der Waals surface area contributed by atoms with Crippen LogP contribution in [0.4, 0.5) is 11.4 Å². The van der Waals surface area contributed by atoms with E-state index >= 15 is 0 Å². The fourth-order valence-corrected chi connectivity index (χ4v) is 4.72. The lowest BCUT2D eigenvalue weighted by atomic mass is 9.92. The van der Waals surface area contributed by atoms with Crippen molar-refractivity contribution in [3.05, 3.63) is 101 Å². The molecule has 5 heteroatoms. The van der Waals surface area contributed by atoms with Gasteiger partial charge in [-0.3, -0.25) is 4.79 Å². The number of benzene rings is 3. The molecule has 2 aliphatic heterocycles. The first-order valence-electron chi connectivity index (χ1n) is 10.4. The van der Waals surface area contributed by atoms with E-state index in [1.54, 1.807) is 7.11 Å². The third-order valence-electron chi connectivity index (χ3n) is 6.09. The molecule has 0 N–H and O–H groups in total. The van der Waals surface area contributed by atoms with E-state index in [-0.39, 0.29) is 11.9 Å². The van der Waals surface area contributed by atoms with Gasteiger partial charge in [-0.15, -0.1) is 0 Å². The Labute approximate surface area is 187 Å². The molecule has 0 saturated carbocycles. The van der Waals surface area contributed by atoms with Gasteiger partial charge in [-0.05, 0) is 48.4 Å². The van der Waals surface area contributed by atoms with Gasteiger partial charge in [0.2, 0.25) is 0 Å². The number of hydrogen-bond donors (Lipinski definition) is 0. The summed E-state index contributed by atoms with van der Waals surface area (Å²) in [6.07, 6.45) is 1.49. The highest BCUT2D eigenvalue weighted by molar-refractivity contribution is 6.30. The molecule has 2 aliphatic rings. The van der Waals surface area contributed by atoms with Crippen molar-refractivity contribution in [2.24, 2.45) is 0 Å². The summed E-state index contributed by atoms with van der Waals surface area (Å²) in [6.45, 7) is 0.791. The Balaban J connectivity index is 1.59. The molecule has 0 saturated heterocycles. The van der Waals surface area contributed by atoms with Crippen LogP contribution in [0, 0.1) is 0 Å². The van der Waals surface area contributed by atoms with Crippen LogP contribution in [0.1, 0.15) is 24.4 Å². The van der Waals surface area contributed by atoms with E-state index in [9.17, 15) is 4.79 Å². The summed E-state index contributed by atoms with van der Waals surface area (Å²) in [4.78, 5) is 18.0.